The molecule has 3 N–H and O–H groups in total. The number of hydrogen-bond acceptors (Lipinski definition) is 3. The van der Waals surface area contributed by atoms with E-state index in [0.29, 0.717) is 5.69 Å². The van der Waals surface area contributed by atoms with E-state index in [0.717, 1.165) is 5.69 Å². The molecule has 0 saturated carbocycles. The smallest absolute Gasteiger partial charge is 0.0806 e. The van der Waals surface area contributed by atoms with E-state index in [-0.39, 0.29) is 12.4 Å². The highest BCUT2D eigenvalue weighted by Crippen LogP contribution is 2.14. The van der Waals surface area contributed by atoms with Gasteiger partial charge in [-0.05, 0) is 18.2 Å². The second-order valence-electron chi connectivity index (χ2n) is 2.67. The number of nitrogens with one attached hydrogen (secondary N) is 1. The van der Waals surface area contributed by atoms with Gasteiger partial charge in [0.1, 0.15) is 0 Å². The number of nitrogens with two attached hydrogens (primary N) is 1. The average molecular weight is 211 g/mol. The van der Waals surface area contributed by atoms with Gasteiger partial charge in [-0.25, -0.2) is 0 Å². The minimum Gasteiger partial charge on any atom is -0.396 e. The molecule has 4 nitrogen and oxygen atoms in total. The Balaban J connectivity index is 0.000000980. The summed E-state index contributed by atoms with van der Waals surface area (Å²) >= 11 is 0. The van der Waals surface area contributed by atoms with Gasteiger partial charge in [-0.2, -0.15) is 0 Å². The van der Waals surface area contributed by atoms with Gasteiger partial charge in [0.2, 0.25) is 0 Å². The van der Waals surface area contributed by atoms with Crippen LogP contribution in [0.5, 0.6) is 0 Å². The predicted octanol–water partition coefficient (Wildman–Crippen LogP) is 1.76. The van der Waals surface area contributed by atoms with E-state index in [1.807, 2.05) is 35.3 Å². The minimum atomic E-state index is 0. The number of halogens is 1. The summed E-state index contributed by atoms with van der Waals surface area (Å²) in [5.74, 6) is 0. The number of rotatable bonds is 2. The molecular weight excluding hydrogens is 200 g/mol. The fraction of sp³-hybridized carbons (Fsp3) is 0. The lowest BCUT2D eigenvalue weighted by Crippen LogP contribution is -2.07. The molecule has 74 valence electrons. The molecule has 2 aromatic rings. The molecule has 0 aromatic carbocycles. The quantitative estimate of drug-likeness (QED) is 0.794. The van der Waals surface area contributed by atoms with Gasteiger partial charge >= 0.3 is 0 Å². The van der Waals surface area contributed by atoms with E-state index in [9.17, 15) is 0 Å². The topological polar surface area (TPSA) is 55.9 Å². The summed E-state index contributed by atoms with van der Waals surface area (Å²) in [5.41, 5.74) is 10.3. The average Bonchev–Trinajstić information content (AvgIpc) is 2.61. The van der Waals surface area contributed by atoms with Crippen molar-refractivity contribution in [3.8, 4) is 0 Å². The van der Waals surface area contributed by atoms with Gasteiger partial charge in [0.25, 0.3) is 0 Å². The van der Waals surface area contributed by atoms with Crippen LogP contribution in [0.1, 0.15) is 0 Å². The Morgan fingerprint density at radius 3 is 2.64 bits per heavy atom. The number of pyridine rings is 1. The van der Waals surface area contributed by atoms with Crippen molar-refractivity contribution in [2.45, 2.75) is 0 Å². The van der Waals surface area contributed by atoms with Crippen molar-refractivity contribution in [3.05, 3.63) is 43.0 Å². The van der Waals surface area contributed by atoms with Crippen molar-refractivity contribution in [1.82, 2.24) is 9.66 Å². The zero-order chi connectivity index (χ0) is 9.10. The van der Waals surface area contributed by atoms with Gasteiger partial charge in [0.05, 0.1) is 17.6 Å². The maximum absolute atomic E-state index is 5.70. The fourth-order valence-electron chi connectivity index (χ4n) is 1.06. The van der Waals surface area contributed by atoms with Crippen LogP contribution >= 0.6 is 12.4 Å². The normalized spacial score (nSPS) is 9.14. The van der Waals surface area contributed by atoms with Crippen LogP contribution in [-0.4, -0.2) is 9.66 Å². The van der Waals surface area contributed by atoms with Gasteiger partial charge < -0.3 is 5.73 Å². The third-order valence-electron chi connectivity index (χ3n) is 1.71. The highest BCUT2D eigenvalue weighted by Gasteiger charge is 1.95. The monoisotopic (exact) mass is 210 g/mol. The molecule has 0 aliphatic carbocycles. The Labute approximate surface area is 88.1 Å². The highest BCUT2D eigenvalue weighted by atomic mass is 35.5. The molecule has 5 heteroatoms. The molecule has 0 aliphatic heterocycles. The third kappa shape index (κ3) is 2.17. The zero-order valence-electron chi connectivity index (χ0n) is 7.42. The van der Waals surface area contributed by atoms with Crippen LogP contribution in [0, 0.1) is 0 Å². The molecule has 0 unspecified atom stereocenters. The van der Waals surface area contributed by atoms with E-state index in [2.05, 4.69) is 10.4 Å². The molecule has 0 atom stereocenters. The molecule has 0 aliphatic rings. The maximum Gasteiger partial charge on any atom is 0.0806 e. The van der Waals surface area contributed by atoms with E-state index in [1.54, 1.807) is 12.4 Å². The fourth-order valence-corrected chi connectivity index (χ4v) is 1.06. The van der Waals surface area contributed by atoms with Crippen LogP contribution in [0.3, 0.4) is 0 Å². The van der Waals surface area contributed by atoms with Crippen molar-refractivity contribution in [3.63, 3.8) is 0 Å². The molecule has 0 amide bonds. The lowest BCUT2D eigenvalue weighted by atomic mass is 10.4. The van der Waals surface area contributed by atoms with Crippen LogP contribution in [0.15, 0.2) is 43.0 Å². The van der Waals surface area contributed by atoms with E-state index in [4.69, 9.17) is 5.73 Å². The Morgan fingerprint density at radius 2 is 2.00 bits per heavy atom. The van der Waals surface area contributed by atoms with E-state index < -0.39 is 0 Å². The summed E-state index contributed by atoms with van der Waals surface area (Å²) in [7, 11) is 0. The Kier molecular flexibility index (Phi) is 3.36. The van der Waals surface area contributed by atoms with Crippen molar-refractivity contribution in [2.24, 2.45) is 0 Å². The van der Waals surface area contributed by atoms with Crippen LogP contribution in [0.4, 0.5) is 11.4 Å². The van der Waals surface area contributed by atoms with Crippen LogP contribution in [-0.2, 0) is 0 Å². The van der Waals surface area contributed by atoms with Crippen molar-refractivity contribution >= 4 is 23.8 Å². The SMILES string of the molecule is Cl.Nc1cnccc1Nn1cccc1. The molecular formula is C9H11ClN4. The summed E-state index contributed by atoms with van der Waals surface area (Å²) in [6.07, 6.45) is 7.12. The number of hydrogen-bond donors (Lipinski definition) is 2. The molecule has 0 spiro atoms. The lowest BCUT2D eigenvalue weighted by Gasteiger charge is -2.08. The summed E-state index contributed by atoms with van der Waals surface area (Å²) < 4.78 is 1.83. The maximum atomic E-state index is 5.70. The Hall–Kier alpha value is -1.68. The molecule has 2 rings (SSSR count). The molecule has 2 aromatic heterocycles. The second-order valence-corrected chi connectivity index (χ2v) is 2.67. The van der Waals surface area contributed by atoms with Gasteiger partial charge in [0.15, 0.2) is 0 Å². The van der Waals surface area contributed by atoms with Gasteiger partial charge in [0, 0.05) is 18.6 Å². The van der Waals surface area contributed by atoms with E-state index in [1.165, 1.54) is 0 Å². The Morgan fingerprint density at radius 1 is 1.29 bits per heavy atom. The molecule has 0 radical (unpaired) electrons. The molecule has 2 heterocycles. The number of anilines is 2. The molecule has 0 fully saturated rings. The van der Waals surface area contributed by atoms with Crippen molar-refractivity contribution in [2.75, 3.05) is 11.2 Å². The standard InChI is InChI=1S/C9H10N4.ClH/c10-8-7-11-4-3-9(8)12-13-5-1-2-6-13;/h1-7H,10H2,(H,11,12);1H. The first-order chi connectivity index (χ1) is 6.36. The van der Waals surface area contributed by atoms with Gasteiger partial charge in [-0.15, -0.1) is 12.4 Å². The van der Waals surface area contributed by atoms with Crippen LogP contribution in [0.2, 0.25) is 0 Å². The first-order valence-corrected chi connectivity index (χ1v) is 3.96. The highest BCUT2D eigenvalue weighted by molar-refractivity contribution is 5.85. The summed E-state index contributed by atoms with van der Waals surface area (Å²) in [6.45, 7) is 0. The molecule has 14 heavy (non-hydrogen) atoms. The summed E-state index contributed by atoms with van der Waals surface area (Å²) in [4.78, 5) is 3.90. The second kappa shape index (κ2) is 4.53. The zero-order valence-corrected chi connectivity index (χ0v) is 8.24. The van der Waals surface area contributed by atoms with Gasteiger partial charge in [-0.3, -0.25) is 15.1 Å². The number of aromatic nitrogens is 2. The lowest BCUT2D eigenvalue weighted by molar-refractivity contribution is 0.970. The number of nitrogens with zero attached hydrogens (tertiary/aromatic N) is 2. The molecule has 0 bridgehead atoms. The van der Waals surface area contributed by atoms with Gasteiger partial charge in [-0.1, -0.05) is 0 Å². The summed E-state index contributed by atoms with van der Waals surface area (Å²) in [5, 5.41) is 0. The van der Waals surface area contributed by atoms with Crippen molar-refractivity contribution in [1.29, 1.82) is 0 Å². The summed E-state index contributed by atoms with van der Waals surface area (Å²) in [6, 6.07) is 5.70. The largest absolute Gasteiger partial charge is 0.396 e. The molecule has 0 saturated heterocycles. The number of nitrogen functional groups attached to an aromatic ring is 1. The minimum absolute atomic E-state index is 0. The first-order valence-electron chi connectivity index (χ1n) is 3.96. The first kappa shape index (κ1) is 10.4. The third-order valence-corrected chi connectivity index (χ3v) is 1.71. The van der Waals surface area contributed by atoms with E-state index >= 15 is 0 Å². The van der Waals surface area contributed by atoms with Crippen molar-refractivity contribution < 1.29 is 0 Å². The predicted molar refractivity (Wildman–Crippen MR) is 59.4 cm³/mol. The van der Waals surface area contributed by atoms with Crippen LogP contribution in [0.25, 0.3) is 0 Å². The Bertz CT molecular complexity index is 385. The van der Waals surface area contributed by atoms with Crippen LogP contribution < -0.4 is 11.2 Å².